The molecule has 0 unspecified atom stereocenters. The lowest BCUT2D eigenvalue weighted by Crippen LogP contribution is -2.07. The number of benzene rings is 1. The van der Waals surface area contributed by atoms with Gasteiger partial charge in [0.1, 0.15) is 0 Å². The average Bonchev–Trinajstić information content (AvgIpc) is 2.11. The van der Waals surface area contributed by atoms with Crippen LogP contribution in [0, 0.1) is 6.92 Å². The Hall–Kier alpha value is -0.250. The summed E-state index contributed by atoms with van der Waals surface area (Å²) < 4.78 is 22.5. The standard InChI is InChI=1S/C9H9Cl2O2S/c1-2-14(12,13)6-7-5-8(10)3-4-9(7)11/h3-5H,1-2,6H2. The molecule has 0 saturated carbocycles. The Morgan fingerprint density at radius 1 is 1.29 bits per heavy atom. The lowest BCUT2D eigenvalue weighted by atomic mass is 10.2. The van der Waals surface area contributed by atoms with Crippen molar-refractivity contribution >= 4 is 33.0 Å². The molecule has 0 fully saturated rings. The van der Waals surface area contributed by atoms with Gasteiger partial charge in [0, 0.05) is 10.0 Å². The number of rotatable bonds is 3. The monoisotopic (exact) mass is 251 g/mol. The van der Waals surface area contributed by atoms with E-state index in [1.54, 1.807) is 18.2 Å². The second-order valence-corrected chi connectivity index (χ2v) is 5.86. The zero-order valence-corrected chi connectivity index (χ0v) is 9.66. The van der Waals surface area contributed by atoms with Crippen LogP contribution < -0.4 is 0 Å². The zero-order valence-electron chi connectivity index (χ0n) is 7.33. The molecule has 0 aliphatic heterocycles. The van der Waals surface area contributed by atoms with E-state index in [9.17, 15) is 8.42 Å². The molecule has 1 aromatic carbocycles. The van der Waals surface area contributed by atoms with Crippen LogP contribution in [0.2, 0.25) is 10.0 Å². The maximum atomic E-state index is 11.3. The van der Waals surface area contributed by atoms with Crippen molar-refractivity contribution in [3.8, 4) is 0 Å². The summed E-state index contributed by atoms with van der Waals surface area (Å²) in [4.78, 5) is 0. The average molecular weight is 252 g/mol. The van der Waals surface area contributed by atoms with Gasteiger partial charge in [0.25, 0.3) is 0 Å². The normalized spacial score (nSPS) is 11.6. The van der Waals surface area contributed by atoms with Crippen molar-refractivity contribution in [2.45, 2.75) is 5.75 Å². The molecule has 1 radical (unpaired) electrons. The maximum absolute atomic E-state index is 11.3. The van der Waals surface area contributed by atoms with Crippen molar-refractivity contribution in [1.29, 1.82) is 0 Å². The Morgan fingerprint density at radius 3 is 2.50 bits per heavy atom. The third-order valence-corrected chi connectivity index (χ3v) is 3.67. The quantitative estimate of drug-likeness (QED) is 0.828. The first-order valence-corrected chi connectivity index (χ1v) is 6.46. The number of halogens is 2. The largest absolute Gasteiger partial charge is 0.228 e. The van der Waals surface area contributed by atoms with Crippen LogP contribution in [0.25, 0.3) is 0 Å². The first-order chi connectivity index (χ1) is 6.44. The fourth-order valence-electron chi connectivity index (χ4n) is 0.963. The third-order valence-electron chi connectivity index (χ3n) is 1.69. The molecule has 5 heteroatoms. The van der Waals surface area contributed by atoms with Crippen molar-refractivity contribution in [3.63, 3.8) is 0 Å². The summed E-state index contributed by atoms with van der Waals surface area (Å²) in [5.74, 6) is -0.258. The summed E-state index contributed by atoms with van der Waals surface area (Å²) in [6.45, 7) is 3.34. The van der Waals surface area contributed by atoms with Crippen LogP contribution in [0.15, 0.2) is 18.2 Å². The molecule has 0 heterocycles. The molecule has 0 N–H and O–H groups in total. The molecular formula is C9H9Cl2O2S. The number of sulfone groups is 1. The van der Waals surface area contributed by atoms with Crippen LogP contribution in [-0.2, 0) is 15.6 Å². The molecule has 0 aliphatic rings. The van der Waals surface area contributed by atoms with Gasteiger partial charge in [-0.2, -0.15) is 0 Å². The van der Waals surface area contributed by atoms with Gasteiger partial charge < -0.3 is 0 Å². The van der Waals surface area contributed by atoms with Crippen LogP contribution in [-0.4, -0.2) is 14.2 Å². The van der Waals surface area contributed by atoms with Gasteiger partial charge in [-0.3, -0.25) is 0 Å². The molecule has 2 nitrogen and oxygen atoms in total. The summed E-state index contributed by atoms with van der Waals surface area (Å²) in [5, 5.41) is 0.884. The Kier molecular flexibility index (Phi) is 3.81. The van der Waals surface area contributed by atoms with Gasteiger partial charge in [-0.05, 0) is 30.7 Å². The van der Waals surface area contributed by atoms with E-state index in [0.29, 0.717) is 15.6 Å². The summed E-state index contributed by atoms with van der Waals surface area (Å²) >= 11 is 11.5. The van der Waals surface area contributed by atoms with Crippen LogP contribution in [0.4, 0.5) is 0 Å². The molecule has 0 atom stereocenters. The van der Waals surface area contributed by atoms with E-state index >= 15 is 0 Å². The highest BCUT2D eigenvalue weighted by molar-refractivity contribution is 7.90. The minimum Gasteiger partial charge on any atom is -0.228 e. The van der Waals surface area contributed by atoms with E-state index in [1.165, 1.54) is 0 Å². The molecule has 0 bridgehead atoms. The molecule has 1 aromatic rings. The number of hydrogen-bond donors (Lipinski definition) is 0. The maximum Gasteiger partial charge on any atom is 0.154 e. The van der Waals surface area contributed by atoms with Crippen molar-refractivity contribution < 1.29 is 8.42 Å². The Morgan fingerprint density at radius 2 is 1.93 bits per heavy atom. The van der Waals surface area contributed by atoms with E-state index in [4.69, 9.17) is 23.2 Å². The first kappa shape index (κ1) is 11.8. The highest BCUT2D eigenvalue weighted by Gasteiger charge is 2.11. The minimum absolute atomic E-state index is 0.115. The number of hydrogen-bond acceptors (Lipinski definition) is 2. The summed E-state index contributed by atoms with van der Waals surface area (Å²) in [6, 6.07) is 4.75. The SMILES string of the molecule is [CH2]CS(=O)(=O)Cc1cc(Cl)ccc1Cl. The molecule has 1 rings (SSSR count). The molecule has 0 saturated heterocycles. The summed E-state index contributed by atoms with van der Waals surface area (Å²) in [5.41, 5.74) is 0.516. The molecule has 0 aromatic heterocycles. The lowest BCUT2D eigenvalue weighted by molar-refractivity contribution is 0.598. The minimum atomic E-state index is -3.17. The predicted molar refractivity (Wildman–Crippen MR) is 59.3 cm³/mol. The van der Waals surface area contributed by atoms with E-state index < -0.39 is 9.84 Å². The van der Waals surface area contributed by atoms with E-state index in [1.807, 2.05) is 0 Å². The second-order valence-electron chi connectivity index (χ2n) is 2.83. The smallest absolute Gasteiger partial charge is 0.154 e. The Labute approximate surface area is 93.8 Å². The van der Waals surface area contributed by atoms with Gasteiger partial charge in [0.15, 0.2) is 9.84 Å². The molecule has 77 valence electrons. The Bertz CT molecular complexity index is 426. The highest BCUT2D eigenvalue weighted by atomic mass is 35.5. The Balaban J connectivity index is 3.03. The molecule has 0 aliphatic carbocycles. The third kappa shape index (κ3) is 3.15. The fraction of sp³-hybridized carbons (Fsp3) is 0.222. The second kappa shape index (κ2) is 4.51. The molecule has 0 spiro atoms. The van der Waals surface area contributed by atoms with Crippen molar-refractivity contribution in [1.82, 2.24) is 0 Å². The molecule has 14 heavy (non-hydrogen) atoms. The van der Waals surface area contributed by atoms with Crippen molar-refractivity contribution in [2.24, 2.45) is 0 Å². The van der Waals surface area contributed by atoms with Crippen LogP contribution in [0.1, 0.15) is 5.56 Å². The van der Waals surface area contributed by atoms with E-state index in [0.717, 1.165) is 0 Å². The van der Waals surface area contributed by atoms with Gasteiger partial charge in [-0.25, -0.2) is 8.42 Å². The van der Waals surface area contributed by atoms with Gasteiger partial charge in [0.2, 0.25) is 0 Å². The van der Waals surface area contributed by atoms with E-state index in [-0.39, 0.29) is 11.5 Å². The van der Waals surface area contributed by atoms with E-state index in [2.05, 4.69) is 6.92 Å². The molecular weight excluding hydrogens is 243 g/mol. The van der Waals surface area contributed by atoms with Crippen LogP contribution in [0.5, 0.6) is 0 Å². The van der Waals surface area contributed by atoms with Crippen molar-refractivity contribution in [2.75, 3.05) is 5.75 Å². The fourth-order valence-corrected chi connectivity index (χ4v) is 2.28. The van der Waals surface area contributed by atoms with Gasteiger partial charge >= 0.3 is 0 Å². The summed E-state index contributed by atoms with van der Waals surface area (Å²) in [7, 11) is -3.17. The highest BCUT2D eigenvalue weighted by Crippen LogP contribution is 2.22. The van der Waals surface area contributed by atoms with Crippen LogP contribution in [0.3, 0.4) is 0 Å². The van der Waals surface area contributed by atoms with Crippen LogP contribution >= 0.6 is 23.2 Å². The summed E-state index contributed by atoms with van der Waals surface area (Å²) in [6.07, 6.45) is 0. The van der Waals surface area contributed by atoms with Gasteiger partial charge in [-0.15, -0.1) is 0 Å². The topological polar surface area (TPSA) is 34.1 Å². The van der Waals surface area contributed by atoms with Gasteiger partial charge in [0.05, 0.1) is 11.5 Å². The lowest BCUT2D eigenvalue weighted by Gasteiger charge is -2.04. The van der Waals surface area contributed by atoms with Gasteiger partial charge in [-0.1, -0.05) is 23.2 Å². The van der Waals surface area contributed by atoms with Crippen molar-refractivity contribution in [3.05, 3.63) is 40.7 Å². The predicted octanol–water partition coefficient (Wildman–Crippen LogP) is 2.74. The first-order valence-electron chi connectivity index (χ1n) is 3.88. The zero-order chi connectivity index (χ0) is 10.8. The molecule has 0 amide bonds.